The highest BCUT2D eigenvalue weighted by atomic mass is 16.2. The van der Waals surface area contributed by atoms with E-state index in [2.05, 4.69) is 36.2 Å². The monoisotopic (exact) mass is 532 g/mol. The molecule has 1 spiro atoms. The second kappa shape index (κ2) is 13.6. The van der Waals surface area contributed by atoms with Crippen LogP contribution >= 0.6 is 0 Å². The molecular formula is C32H44N4O3. The molecule has 0 radical (unpaired) electrons. The lowest BCUT2D eigenvalue weighted by Crippen LogP contribution is -2.57. The van der Waals surface area contributed by atoms with Crippen molar-refractivity contribution in [3.8, 4) is 0 Å². The first-order valence-corrected chi connectivity index (χ1v) is 14.8. The lowest BCUT2D eigenvalue weighted by molar-refractivity contribution is -0.137. The average Bonchev–Trinajstić information content (AvgIpc) is 3.22. The van der Waals surface area contributed by atoms with Crippen molar-refractivity contribution in [2.75, 3.05) is 37.7 Å². The summed E-state index contributed by atoms with van der Waals surface area (Å²) in [6.07, 6.45) is 8.96. The SMILES string of the molecule is CCCCCCc1ccc(C(=O)N2CCC3(CC2)C(=O)N(CC(=O)NCCCC)CN3c2ccccc2)cc1. The Morgan fingerprint density at radius 3 is 2.23 bits per heavy atom. The number of nitrogens with one attached hydrogen (secondary N) is 1. The fraction of sp³-hybridized carbons (Fsp3) is 0.531. The molecule has 2 aliphatic rings. The Morgan fingerprint density at radius 1 is 0.872 bits per heavy atom. The van der Waals surface area contributed by atoms with Crippen LogP contribution in [0.1, 0.15) is 81.1 Å². The summed E-state index contributed by atoms with van der Waals surface area (Å²) in [4.78, 5) is 45.4. The smallest absolute Gasteiger partial charge is 0.253 e. The zero-order valence-electron chi connectivity index (χ0n) is 23.7. The van der Waals surface area contributed by atoms with Crippen molar-refractivity contribution >= 4 is 23.4 Å². The number of hydrogen-bond donors (Lipinski definition) is 1. The number of unbranched alkanes of at least 4 members (excludes halogenated alkanes) is 4. The van der Waals surface area contributed by atoms with Crippen molar-refractivity contribution < 1.29 is 14.4 Å². The van der Waals surface area contributed by atoms with Gasteiger partial charge in [0.05, 0.1) is 6.67 Å². The van der Waals surface area contributed by atoms with Gasteiger partial charge in [-0.1, -0.05) is 69.9 Å². The number of carbonyl (C=O) groups excluding carboxylic acids is 3. The molecule has 4 rings (SSSR count). The fourth-order valence-corrected chi connectivity index (χ4v) is 5.79. The summed E-state index contributed by atoms with van der Waals surface area (Å²) in [5.74, 6) is -0.119. The van der Waals surface area contributed by atoms with Gasteiger partial charge in [-0.15, -0.1) is 0 Å². The Bertz CT molecular complexity index is 1090. The van der Waals surface area contributed by atoms with Gasteiger partial charge in [0.25, 0.3) is 11.8 Å². The van der Waals surface area contributed by atoms with Gasteiger partial charge in [-0.25, -0.2) is 0 Å². The number of amides is 3. The number of piperidine rings is 1. The van der Waals surface area contributed by atoms with Crippen LogP contribution in [0.3, 0.4) is 0 Å². The summed E-state index contributed by atoms with van der Waals surface area (Å²) in [5.41, 5.74) is 2.19. The lowest BCUT2D eigenvalue weighted by atomic mass is 9.85. The number of likely N-dealkylation sites (tertiary alicyclic amines) is 1. The van der Waals surface area contributed by atoms with E-state index >= 15 is 0 Å². The normalized spacial score (nSPS) is 16.7. The Hall–Kier alpha value is -3.35. The molecule has 2 aromatic carbocycles. The number of nitrogens with zero attached hydrogens (tertiary/aromatic N) is 3. The van der Waals surface area contributed by atoms with Crippen LogP contribution in [-0.4, -0.2) is 65.9 Å². The van der Waals surface area contributed by atoms with Crippen LogP contribution < -0.4 is 10.2 Å². The summed E-state index contributed by atoms with van der Waals surface area (Å²) < 4.78 is 0. The number of rotatable bonds is 12. The maximum absolute atomic E-state index is 13.8. The van der Waals surface area contributed by atoms with E-state index in [9.17, 15) is 14.4 Å². The van der Waals surface area contributed by atoms with Gasteiger partial charge in [0, 0.05) is 30.9 Å². The van der Waals surface area contributed by atoms with Crippen molar-refractivity contribution in [2.24, 2.45) is 0 Å². The van der Waals surface area contributed by atoms with Crippen molar-refractivity contribution in [1.82, 2.24) is 15.1 Å². The third-order valence-electron chi connectivity index (χ3n) is 8.17. The molecule has 7 nitrogen and oxygen atoms in total. The second-order valence-corrected chi connectivity index (χ2v) is 10.9. The van der Waals surface area contributed by atoms with Gasteiger partial charge in [-0.3, -0.25) is 14.4 Å². The minimum Gasteiger partial charge on any atom is -0.355 e. The molecule has 2 fully saturated rings. The van der Waals surface area contributed by atoms with E-state index in [0.29, 0.717) is 44.7 Å². The highest BCUT2D eigenvalue weighted by molar-refractivity contribution is 5.97. The molecule has 2 heterocycles. The van der Waals surface area contributed by atoms with Gasteiger partial charge in [-0.05, 0) is 61.9 Å². The molecule has 0 aromatic heterocycles. The van der Waals surface area contributed by atoms with E-state index < -0.39 is 5.54 Å². The van der Waals surface area contributed by atoms with Gasteiger partial charge in [0.1, 0.15) is 12.1 Å². The van der Waals surface area contributed by atoms with Crippen LogP contribution in [0.25, 0.3) is 0 Å². The number of carbonyl (C=O) groups is 3. The van der Waals surface area contributed by atoms with Crippen LogP contribution in [0.15, 0.2) is 54.6 Å². The summed E-state index contributed by atoms with van der Waals surface area (Å²) >= 11 is 0. The number of benzene rings is 2. The quantitative estimate of drug-likeness (QED) is 0.390. The molecular weight excluding hydrogens is 488 g/mol. The molecule has 3 amide bonds. The number of aryl methyl sites for hydroxylation is 1. The van der Waals surface area contributed by atoms with Crippen LogP contribution in [-0.2, 0) is 16.0 Å². The first kappa shape index (κ1) is 28.7. The average molecular weight is 533 g/mol. The predicted octanol–water partition coefficient (Wildman–Crippen LogP) is 5.01. The molecule has 7 heteroatoms. The summed E-state index contributed by atoms with van der Waals surface area (Å²) in [6, 6.07) is 18.0. The maximum Gasteiger partial charge on any atom is 0.253 e. The van der Waals surface area contributed by atoms with Crippen LogP contribution in [0.2, 0.25) is 0 Å². The molecule has 2 aliphatic heterocycles. The summed E-state index contributed by atoms with van der Waals surface area (Å²) in [7, 11) is 0. The zero-order valence-corrected chi connectivity index (χ0v) is 23.7. The topological polar surface area (TPSA) is 73.0 Å². The second-order valence-electron chi connectivity index (χ2n) is 10.9. The van der Waals surface area contributed by atoms with Gasteiger partial charge in [0.2, 0.25) is 5.91 Å². The molecule has 2 saturated heterocycles. The van der Waals surface area contributed by atoms with Gasteiger partial charge in [-0.2, -0.15) is 0 Å². The number of anilines is 1. The van der Waals surface area contributed by atoms with Crippen LogP contribution in [0, 0.1) is 0 Å². The van der Waals surface area contributed by atoms with E-state index in [0.717, 1.165) is 24.9 Å². The van der Waals surface area contributed by atoms with E-state index in [-0.39, 0.29) is 24.3 Å². The number of hydrogen-bond acceptors (Lipinski definition) is 4. The third kappa shape index (κ3) is 6.81. The standard InChI is InChI=1S/C32H44N4O3/c1-3-5-7-9-12-26-15-17-27(18-16-26)30(38)34-22-19-32(20-23-34)31(39)35(24-29(37)33-21-6-4-2)25-36(32)28-13-10-8-11-14-28/h8,10-11,13-18H,3-7,9,12,19-25H2,1-2H3,(H,33,37). The van der Waals surface area contributed by atoms with Gasteiger partial charge < -0.3 is 20.0 Å². The molecule has 2 aromatic rings. The Kier molecular flexibility index (Phi) is 10.0. The minimum absolute atomic E-state index is 0.0171. The minimum atomic E-state index is -0.746. The molecule has 0 saturated carbocycles. The van der Waals surface area contributed by atoms with Crippen LogP contribution in [0.5, 0.6) is 0 Å². The molecule has 210 valence electrons. The molecule has 0 unspecified atom stereocenters. The summed E-state index contributed by atoms with van der Waals surface area (Å²) in [5, 5.41) is 2.93. The van der Waals surface area contributed by atoms with Crippen molar-refractivity contribution in [3.63, 3.8) is 0 Å². The highest BCUT2D eigenvalue weighted by Crippen LogP contribution is 2.39. The Labute approximate surface area is 233 Å². The van der Waals surface area contributed by atoms with Crippen molar-refractivity contribution in [3.05, 3.63) is 65.7 Å². The molecule has 39 heavy (non-hydrogen) atoms. The first-order valence-electron chi connectivity index (χ1n) is 14.8. The number of para-hydroxylation sites is 1. The highest BCUT2D eigenvalue weighted by Gasteiger charge is 2.54. The Balaban J connectivity index is 1.42. The lowest BCUT2D eigenvalue weighted by Gasteiger charge is -2.43. The molecule has 0 bridgehead atoms. The molecule has 0 aliphatic carbocycles. The summed E-state index contributed by atoms with van der Waals surface area (Å²) in [6.45, 7) is 6.36. The first-order chi connectivity index (χ1) is 19.0. The molecule has 1 N–H and O–H groups in total. The van der Waals surface area contributed by atoms with E-state index in [1.807, 2.05) is 47.4 Å². The van der Waals surface area contributed by atoms with Crippen LogP contribution in [0.4, 0.5) is 5.69 Å². The van der Waals surface area contributed by atoms with E-state index in [1.165, 1.54) is 31.2 Å². The Morgan fingerprint density at radius 2 is 1.56 bits per heavy atom. The zero-order chi connectivity index (χ0) is 27.7. The van der Waals surface area contributed by atoms with E-state index in [4.69, 9.17) is 0 Å². The fourth-order valence-electron chi connectivity index (χ4n) is 5.79. The van der Waals surface area contributed by atoms with Crippen molar-refractivity contribution in [1.29, 1.82) is 0 Å². The van der Waals surface area contributed by atoms with Gasteiger partial charge >= 0.3 is 0 Å². The third-order valence-corrected chi connectivity index (χ3v) is 8.17. The van der Waals surface area contributed by atoms with Gasteiger partial charge in [0.15, 0.2) is 0 Å². The predicted molar refractivity (Wildman–Crippen MR) is 156 cm³/mol. The van der Waals surface area contributed by atoms with Crippen molar-refractivity contribution in [2.45, 2.75) is 77.2 Å². The largest absolute Gasteiger partial charge is 0.355 e. The van der Waals surface area contributed by atoms with E-state index in [1.54, 1.807) is 4.90 Å². The maximum atomic E-state index is 13.8. The molecule has 0 atom stereocenters.